The molecule has 0 aliphatic heterocycles. The fourth-order valence-corrected chi connectivity index (χ4v) is 1.84. The SMILES string of the molecule is C=C[C@@H](C)C(=O)/C=C(\CCC(=C)COC(C)=O)[C@@](C)(O)COC(C)=O. The van der Waals surface area contributed by atoms with Crippen molar-refractivity contribution in [2.45, 2.75) is 46.1 Å². The average Bonchev–Trinajstić information content (AvgIpc) is 2.53. The Balaban J connectivity index is 5.19. The lowest BCUT2D eigenvalue weighted by molar-refractivity contribution is -0.146. The summed E-state index contributed by atoms with van der Waals surface area (Å²) in [6.45, 7) is 12.9. The third kappa shape index (κ3) is 9.62. The second-order valence-electron chi connectivity index (χ2n) is 6.18. The Morgan fingerprint density at radius 1 is 1.16 bits per heavy atom. The lowest BCUT2D eigenvalue weighted by atomic mass is 9.89. The van der Waals surface area contributed by atoms with E-state index in [-0.39, 0.29) is 19.0 Å². The molecule has 0 unspecified atom stereocenters. The lowest BCUT2D eigenvalue weighted by Crippen LogP contribution is -2.35. The van der Waals surface area contributed by atoms with Crippen LogP contribution in [0.4, 0.5) is 0 Å². The van der Waals surface area contributed by atoms with Crippen LogP contribution in [0.25, 0.3) is 0 Å². The topological polar surface area (TPSA) is 89.9 Å². The number of ether oxygens (including phenoxy) is 2. The Labute approximate surface area is 149 Å². The van der Waals surface area contributed by atoms with Crippen LogP contribution < -0.4 is 0 Å². The molecule has 0 radical (unpaired) electrons. The van der Waals surface area contributed by atoms with E-state index in [1.54, 1.807) is 6.92 Å². The maximum Gasteiger partial charge on any atom is 0.302 e. The third-order valence-corrected chi connectivity index (χ3v) is 3.59. The van der Waals surface area contributed by atoms with Gasteiger partial charge in [-0.05, 0) is 37.0 Å². The van der Waals surface area contributed by atoms with Gasteiger partial charge in [0.1, 0.15) is 18.8 Å². The first-order chi connectivity index (χ1) is 11.5. The molecule has 0 aliphatic rings. The number of carbonyl (C=O) groups is 3. The summed E-state index contributed by atoms with van der Waals surface area (Å²) in [6, 6.07) is 0. The van der Waals surface area contributed by atoms with E-state index >= 15 is 0 Å². The first kappa shape index (κ1) is 22.8. The summed E-state index contributed by atoms with van der Waals surface area (Å²) < 4.78 is 9.76. The van der Waals surface area contributed by atoms with E-state index in [9.17, 15) is 19.5 Å². The number of ketones is 1. The van der Waals surface area contributed by atoms with Crippen molar-refractivity contribution in [1.29, 1.82) is 0 Å². The minimum Gasteiger partial charge on any atom is -0.462 e. The van der Waals surface area contributed by atoms with E-state index in [4.69, 9.17) is 9.47 Å². The highest BCUT2D eigenvalue weighted by molar-refractivity contribution is 5.93. The van der Waals surface area contributed by atoms with Crippen LogP contribution in [0.2, 0.25) is 0 Å². The third-order valence-electron chi connectivity index (χ3n) is 3.59. The minimum absolute atomic E-state index is 0.0751. The van der Waals surface area contributed by atoms with Gasteiger partial charge < -0.3 is 14.6 Å². The minimum atomic E-state index is -1.50. The molecule has 140 valence electrons. The number of aliphatic hydroxyl groups is 1. The molecule has 0 aromatic heterocycles. The van der Waals surface area contributed by atoms with Crippen LogP contribution in [0.1, 0.15) is 40.5 Å². The smallest absolute Gasteiger partial charge is 0.302 e. The van der Waals surface area contributed by atoms with Crippen LogP contribution in [0, 0.1) is 5.92 Å². The van der Waals surface area contributed by atoms with E-state index in [1.165, 1.54) is 32.9 Å². The predicted octanol–water partition coefficient (Wildman–Crippen LogP) is 2.52. The van der Waals surface area contributed by atoms with Gasteiger partial charge in [0.25, 0.3) is 0 Å². The van der Waals surface area contributed by atoms with Crippen molar-refractivity contribution in [3.05, 3.63) is 36.5 Å². The number of hydrogen-bond donors (Lipinski definition) is 1. The quantitative estimate of drug-likeness (QED) is 0.349. The molecule has 0 heterocycles. The molecule has 0 spiro atoms. The van der Waals surface area contributed by atoms with Crippen LogP contribution in [-0.2, 0) is 23.9 Å². The molecule has 0 bridgehead atoms. The van der Waals surface area contributed by atoms with Gasteiger partial charge >= 0.3 is 11.9 Å². The highest BCUT2D eigenvalue weighted by Gasteiger charge is 2.28. The molecule has 0 aliphatic carbocycles. The summed E-state index contributed by atoms with van der Waals surface area (Å²) in [5.41, 5.74) is -0.436. The summed E-state index contributed by atoms with van der Waals surface area (Å²) in [6.07, 6.45) is 3.58. The number of rotatable bonds is 11. The van der Waals surface area contributed by atoms with Crippen LogP contribution in [-0.4, -0.2) is 41.6 Å². The zero-order valence-electron chi connectivity index (χ0n) is 15.5. The van der Waals surface area contributed by atoms with Gasteiger partial charge in [-0.1, -0.05) is 19.6 Å². The van der Waals surface area contributed by atoms with Gasteiger partial charge in [-0.25, -0.2) is 0 Å². The molecular weight excluding hydrogens is 324 g/mol. The fraction of sp³-hybridized carbons (Fsp3) is 0.526. The predicted molar refractivity (Wildman–Crippen MR) is 94.7 cm³/mol. The number of carbonyl (C=O) groups excluding carboxylic acids is 3. The van der Waals surface area contributed by atoms with Gasteiger partial charge in [-0.15, -0.1) is 6.58 Å². The molecule has 0 amide bonds. The molecule has 0 aromatic rings. The van der Waals surface area contributed by atoms with Crippen molar-refractivity contribution in [3.63, 3.8) is 0 Å². The highest BCUT2D eigenvalue weighted by Crippen LogP contribution is 2.25. The first-order valence-corrected chi connectivity index (χ1v) is 8.02. The molecule has 6 heteroatoms. The highest BCUT2D eigenvalue weighted by atomic mass is 16.5. The number of esters is 2. The normalized spacial score (nSPS) is 14.8. The van der Waals surface area contributed by atoms with Crippen molar-refractivity contribution >= 4 is 17.7 Å². The van der Waals surface area contributed by atoms with Crippen LogP contribution in [0.3, 0.4) is 0 Å². The molecular formula is C19H28O6. The summed E-state index contributed by atoms with van der Waals surface area (Å²) in [5.74, 6) is -1.54. The second-order valence-corrected chi connectivity index (χ2v) is 6.18. The monoisotopic (exact) mass is 352 g/mol. The second kappa shape index (κ2) is 10.6. The molecule has 0 rings (SSSR count). The molecule has 6 nitrogen and oxygen atoms in total. The van der Waals surface area contributed by atoms with Gasteiger partial charge in [0.2, 0.25) is 0 Å². The van der Waals surface area contributed by atoms with E-state index in [1.807, 2.05) is 0 Å². The van der Waals surface area contributed by atoms with E-state index in [0.29, 0.717) is 24.0 Å². The Bertz CT molecular complexity index is 556. The van der Waals surface area contributed by atoms with Crippen molar-refractivity contribution in [1.82, 2.24) is 0 Å². The van der Waals surface area contributed by atoms with Crippen LogP contribution in [0.5, 0.6) is 0 Å². The van der Waals surface area contributed by atoms with Gasteiger partial charge in [-0.2, -0.15) is 0 Å². The first-order valence-electron chi connectivity index (χ1n) is 8.02. The molecule has 0 saturated carbocycles. The van der Waals surface area contributed by atoms with Crippen LogP contribution in [0.15, 0.2) is 36.5 Å². The fourth-order valence-electron chi connectivity index (χ4n) is 1.84. The molecule has 1 N–H and O–H groups in total. The summed E-state index contributed by atoms with van der Waals surface area (Å²) in [5, 5.41) is 10.6. The van der Waals surface area contributed by atoms with Gasteiger partial charge in [0, 0.05) is 19.8 Å². The van der Waals surface area contributed by atoms with E-state index < -0.39 is 23.5 Å². The van der Waals surface area contributed by atoms with Crippen molar-refractivity contribution in [2.24, 2.45) is 5.92 Å². The Kier molecular flexibility index (Phi) is 9.67. The van der Waals surface area contributed by atoms with Gasteiger partial charge in [0.15, 0.2) is 5.78 Å². The van der Waals surface area contributed by atoms with E-state index in [0.717, 1.165) is 0 Å². The van der Waals surface area contributed by atoms with Crippen molar-refractivity contribution < 1.29 is 29.0 Å². The summed E-state index contributed by atoms with van der Waals surface area (Å²) in [7, 11) is 0. The van der Waals surface area contributed by atoms with Gasteiger partial charge in [0.05, 0.1) is 0 Å². The zero-order chi connectivity index (χ0) is 19.6. The average molecular weight is 352 g/mol. The molecule has 0 fully saturated rings. The zero-order valence-corrected chi connectivity index (χ0v) is 15.5. The van der Waals surface area contributed by atoms with Crippen molar-refractivity contribution in [3.8, 4) is 0 Å². The largest absolute Gasteiger partial charge is 0.462 e. The summed E-state index contributed by atoms with van der Waals surface area (Å²) >= 11 is 0. The Hall–Kier alpha value is -2.21. The molecule has 0 saturated heterocycles. The van der Waals surface area contributed by atoms with E-state index in [2.05, 4.69) is 13.2 Å². The van der Waals surface area contributed by atoms with Crippen LogP contribution >= 0.6 is 0 Å². The number of hydrogen-bond acceptors (Lipinski definition) is 6. The molecule has 25 heavy (non-hydrogen) atoms. The summed E-state index contributed by atoms with van der Waals surface area (Å²) in [4.78, 5) is 34.0. The van der Waals surface area contributed by atoms with Crippen molar-refractivity contribution in [2.75, 3.05) is 13.2 Å². The lowest BCUT2D eigenvalue weighted by Gasteiger charge is -2.26. The standard InChI is InChI=1S/C19H28O6/c1-7-14(3)18(22)10-17(19(6,23)12-25-16(5)21)9-8-13(2)11-24-15(4)20/h7,10,14,23H,1-2,8-9,11-12H2,3-6H3/b17-10+/t14-,19+/m1/s1. The Morgan fingerprint density at radius 3 is 2.20 bits per heavy atom. The maximum absolute atomic E-state index is 12.2. The number of allylic oxidation sites excluding steroid dienone is 2. The van der Waals surface area contributed by atoms with Gasteiger partial charge in [-0.3, -0.25) is 14.4 Å². The maximum atomic E-state index is 12.2. The Morgan fingerprint density at radius 2 is 1.72 bits per heavy atom. The molecule has 2 atom stereocenters. The molecule has 0 aromatic carbocycles.